The van der Waals surface area contributed by atoms with Crippen LogP contribution in [0.1, 0.15) is 12.5 Å². The lowest BCUT2D eigenvalue weighted by molar-refractivity contribution is -0.384. The van der Waals surface area contributed by atoms with Gasteiger partial charge in [-0.05, 0) is 12.5 Å². The average Bonchev–Trinajstić information content (AvgIpc) is 2.39. The number of hydrogen-bond acceptors (Lipinski definition) is 5. The Morgan fingerprint density at radius 2 is 2.32 bits per heavy atom. The van der Waals surface area contributed by atoms with Crippen LogP contribution in [-0.4, -0.2) is 24.0 Å². The van der Waals surface area contributed by atoms with Crippen molar-refractivity contribution in [3.05, 3.63) is 52.1 Å². The molecule has 1 rings (SSSR count). The van der Waals surface area contributed by atoms with Crippen LogP contribution in [-0.2, 0) is 16.1 Å². The van der Waals surface area contributed by atoms with Crippen molar-refractivity contribution in [3.8, 4) is 0 Å². The van der Waals surface area contributed by atoms with Gasteiger partial charge in [0.05, 0.1) is 11.5 Å². The number of hydrogen-bond donors (Lipinski definition) is 1. The zero-order valence-corrected chi connectivity index (χ0v) is 10.7. The van der Waals surface area contributed by atoms with Crippen molar-refractivity contribution in [1.29, 1.82) is 0 Å². The Morgan fingerprint density at radius 1 is 1.53 bits per heavy atom. The van der Waals surface area contributed by atoms with E-state index in [9.17, 15) is 14.9 Å². The predicted molar refractivity (Wildman–Crippen MR) is 70.6 cm³/mol. The number of esters is 1. The molecule has 102 valence electrons. The lowest BCUT2D eigenvalue weighted by atomic mass is 10.2. The number of nitro benzene ring substituents is 1. The van der Waals surface area contributed by atoms with Crippen molar-refractivity contribution in [3.63, 3.8) is 0 Å². The molecule has 0 aliphatic carbocycles. The van der Waals surface area contributed by atoms with Crippen LogP contribution in [0.15, 0.2) is 36.4 Å². The molecule has 0 heterocycles. The van der Waals surface area contributed by atoms with Gasteiger partial charge in [-0.1, -0.05) is 18.2 Å². The van der Waals surface area contributed by atoms with Crippen molar-refractivity contribution < 1.29 is 14.5 Å². The van der Waals surface area contributed by atoms with E-state index >= 15 is 0 Å². The molecule has 1 aromatic rings. The zero-order valence-electron chi connectivity index (χ0n) is 10.7. The molecular weight excluding hydrogens is 248 g/mol. The number of carbonyl (C=O) groups is 1. The molecule has 19 heavy (non-hydrogen) atoms. The van der Waals surface area contributed by atoms with Crippen molar-refractivity contribution >= 4 is 11.7 Å². The highest BCUT2D eigenvalue weighted by atomic mass is 16.6. The van der Waals surface area contributed by atoms with E-state index in [0.29, 0.717) is 19.7 Å². The number of ether oxygens (including phenoxy) is 1. The highest BCUT2D eigenvalue weighted by Gasteiger charge is 2.04. The molecule has 0 saturated carbocycles. The van der Waals surface area contributed by atoms with Crippen molar-refractivity contribution in [1.82, 2.24) is 5.32 Å². The summed E-state index contributed by atoms with van der Waals surface area (Å²) in [6.45, 7) is 3.08. The Hall–Kier alpha value is -2.21. The van der Waals surface area contributed by atoms with Gasteiger partial charge in [0.25, 0.3) is 5.69 Å². The maximum Gasteiger partial charge on any atom is 0.330 e. The third kappa shape index (κ3) is 5.78. The van der Waals surface area contributed by atoms with Crippen LogP contribution in [0, 0.1) is 10.1 Å². The summed E-state index contributed by atoms with van der Waals surface area (Å²) in [6.07, 6.45) is 3.00. The Balaban J connectivity index is 2.35. The maximum absolute atomic E-state index is 11.0. The largest absolute Gasteiger partial charge is 0.463 e. The number of rotatable bonds is 7. The van der Waals surface area contributed by atoms with Crippen LogP contribution in [0.2, 0.25) is 0 Å². The number of non-ortho nitro benzene ring substituents is 1. The second-order valence-corrected chi connectivity index (χ2v) is 3.71. The van der Waals surface area contributed by atoms with Gasteiger partial charge < -0.3 is 10.1 Å². The molecule has 0 saturated heterocycles. The summed E-state index contributed by atoms with van der Waals surface area (Å²) in [4.78, 5) is 21.1. The monoisotopic (exact) mass is 264 g/mol. The van der Waals surface area contributed by atoms with Crippen LogP contribution in [0.3, 0.4) is 0 Å². The standard InChI is InChI=1S/C13H16N2O4/c1-2-19-13(16)7-4-8-14-10-11-5-3-6-12(9-11)15(17)18/h3-7,9,14H,2,8,10H2,1H3/b7-4+. The van der Waals surface area contributed by atoms with Crippen LogP contribution in [0.4, 0.5) is 5.69 Å². The molecule has 0 aliphatic heterocycles. The molecule has 0 aliphatic rings. The second kappa shape index (κ2) is 7.99. The number of nitrogens with one attached hydrogen (secondary N) is 1. The van der Waals surface area contributed by atoms with Gasteiger partial charge in [0.2, 0.25) is 0 Å². The number of nitrogens with zero attached hydrogens (tertiary/aromatic N) is 1. The minimum Gasteiger partial charge on any atom is -0.463 e. The van der Waals surface area contributed by atoms with E-state index < -0.39 is 4.92 Å². The summed E-state index contributed by atoms with van der Waals surface area (Å²) in [5.74, 6) is -0.375. The molecule has 1 aromatic carbocycles. The van der Waals surface area contributed by atoms with E-state index in [1.165, 1.54) is 18.2 Å². The van der Waals surface area contributed by atoms with Crippen LogP contribution in [0.25, 0.3) is 0 Å². The normalized spacial score (nSPS) is 10.6. The summed E-state index contributed by atoms with van der Waals surface area (Å²) in [5, 5.41) is 13.6. The van der Waals surface area contributed by atoms with E-state index in [0.717, 1.165) is 5.56 Å². The fourth-order valence-corrected chi connectivity index (χ4v) is 1.43. The van der Waals surface area contributed by atoms with Gasteiger partial charge in [-0.25, -0.2) is 4.79 Å². The fourth-order valence-electron chi connectivity index (χ4n) is 1.43. The lowest BCUT2D eigenvalue weighted by Crippen LogP contribution is -2.13. The van der Waals surface area contributed by atoms with Crippen LogP contribution < -0.4 is 5.32 Å². The average molecular weight is 264 g/mol. The Morgan fingerprint density at radius 3 is 3.00 bits per heavy atom. The zero-order chi connectivity index (χ0) is 14.1. The predicted octanol–water partition coefficient (Wildman–Crippen LogP) is 1.80. The second-order valence-electron chi connectivity index (χ2n) is 3.71. The van der Waals surface area contributed by atoms with Crippen molar-refractivity contribution in [2.75, 3.05) is 13.2 Å². The fraction of sp³-hybridized carbons (Fsp3) is 0.308. The van der Waals surface area contributed by atoms with E-state index in [4.69, 9.17) is 4.74 Å². The molecule has 0 spiro atoms. The number of carbonyl (C=O) groups excluding carboxylic acids is 1. The molecule has 0 radical (unpaired) electrons. The first-order chi connectivity index (χ1) is 9.13. The molecule has 1 N–H and O–H groups in total. The van der Waals surface area contributed by atoms with Crippen molar-refractivity contribution in [2.24, 2.45) is 0 Å². The molecule has 0 fully saturated rings. The summed E-state index contributed by atoms with van der Waals surface area (Å²) < 4.78 is 4.72. The van der Waals surface area contributed by atoms with E-state index in [2.05, 4.69) is 5.32 Å². The number of benzene rings is 1. The van der Waals surface area contributed by atoms with Crippen molar-refractivity contribution in [2.45, 2.75) is 13.5 Å². The van der Waals surface area contributed by atoms with Gasteiger partial charge in [-0.3, -0.25) is 10.1 Å². The lowest BCUT2D eigenvalue weighted by Gasteiger charge is -2.02. The first-order valence-electron chi connectivity index (χ1n) is 5.91. The van der Waals surface area contributed by atoms with Crippen LogP contribution in [0.5, 0.6) is 0 Å². The van der Waals surface area contributed by atoms with Gasteiger partial charge in [-0.15, -0.1) is 0 Å². The van der Waals surface area contributed by atoms with Gasteiger partial charge in [0.15, 0.2) is 0 Å². The van der Waals surface area contributed by atoms with Gasteiger partial charge >= 0.3 is 5.97 Å². The minimum absolute atomic E-state index is 0.0707. The third-order valence-electron chi connectivity index (χ3n) is 2.25. The van der Waals surface area contributed by atoms with Gasteiger partial charge in [0.1, 0.15) is 0 Å². The maximum atomic E-state index is 11.0. The first-order valence-corrected chi connectivity index (χ1v) is 5.91. The third-order valence-corrected chi connectivity index (χ3v) is 2.25. The van der Waals surface area contributed by atoms with Gasteiger partial charge in [0, 0.05) is 31.3 Å². The van der Waals surface area contributed by atoms with E-state index in [1.807, 2.05) is 0 Å². The molecule has 6 heteroatoms. The van der Waals surface area contributed by atoms with Gasteiger partial charge in [-0.2, -0.15) is 0 Å². The molecule has 0 amide bonds. The molecule has 0 aromatic heterocycles. The van der Waals surface area contributed by atoms with E-state index in [1.54, 1.807) is 25.1 Å². The quantitative estimate of drug-likeness (QED) is 0.267. The molecule has 0 atom stereocenters. The summed E-state index contributed by atoms with van der Waals surface area (Å²) in [6, 6.07) is 6.41. The number of nitro groups is 1. The Kier molecular flexibility index (Phi) is 6.25. The molecule has 6 nitrogen and oxygen atoms in total. The highest BCUT2D eigenvalue weighted by Crippen LogP contribution is 2.12. The Bertz CT molecular complexity index is 471. The molecule has 0 unspecified atom stereocenters. The Labute approximate surface area is 111 Å². The smallest absolute Gasteiger partial charge is 0.330 e. The summed E-state index contributed by atoms with van der Waals surface area (Å²) in [5.41, 5.74) is 0.889. The minimum atomic E-state index is -0.426. The highest BCUT2D eigenvalue weighted by molar-refractivity contribution is 5.81. The topological polar surface area (TPSA) is 81.5 Å². The molecular formula is C13H16N2O4. The first kappa shape index (κ1) is 14.8. The molecule has 0 bridgehead atoms. The summed E-state index contributed by atoms with van der Waals surface area (Å²) >= 11 is 0. The van der Waals surface area contributed by atoms with Crippen LogP contribution >= 0.6 is 0 Å². The summed E-state index contributed by atoms with van der Waals surface area (Å²) in [7, 11) is 0. The SMILES string of the molecule is CCOC(=O)/C=C/CNCc1cccc([N+](=O)[O-])c1. The van der Waals surface area contributed by atoms with E-state index in [-0.39, 0.29) is 11.7 Å².